The van der Waals surface area contributed by atoms with E-state index in [0.717, 1.165) is 5.56 Å². The molecule has 2 N–H and O–H groups in total. The first-order valence-electron chi connectivity index (χ1n) is 5.66. The van der Waals surface area contributed by atoms with Crippen molar-refractivity contribution < 1.29 is 14.7 Å². The topological polar surface area (TPSA) is 66.4 Å². The highest BCUT2D eigenvalue weighted by molar-refractivity contribution is 6.30. The van der Waals surface area contributed by atoms with Gasteiger partial charge in [-0.05, 0) is 17.7 Å². The third kappa shape index (κ3) is 4.04. The first-order chi connectivity index (χ1) is 8.41. The Kier molecular flexibility index (Phi) is 5.16. The summed E-state index contributed by atoms with van der Waals surface area (Å²) in [5, 5.41) is 12.2. The molecule has 0 bridgehead atoms. The predicted molar refractivity (Wildman–Crippen MR) is 69.3 cm³/mol. The maximum atomic E-state index is 11.7. The minimum atomic E-state index is -0.968. The van der Waals surface area contributed by atoms with Gasteiger partial charge in [-0.2, -0.15) is 0 Å². The molecule has 0 aliphatic carbocycles. The fraction of sp³-hybridized carbons (Fsp3) is 0.385. The molecular formula is C13H16ClNO3. The molecule has 0 radical (unpaired) electrons. The number of benzene rings is 1. The highest BCUT2D eigenvalue weighted by atomic mass is 35.5. The van der Waals surface area contributed by atoms with Gasteiger partial charge in [0.2, 0.25) is 5.91 Å². The van der Waals surface area contributed by atoms with E-state index >= 15 is 0 Å². The molecule has 1 aromatic rings. The van der Waals surface area contributed by atoms with Crippen molar-refractivity contribution >= 4 is 23.5 Å². The molecule has 4 nitrogen and oxygen atoms in total. The Hall–Kier alpha value is -1.55. The number of carbonyl (C=O) groups excluding carboxylic acids is 1. The maximum Gasteiger partial charge on any atom is 0.307 e. The van der Waals surface area contributed by atoms with Gasteiger partial charge >= 0.3 is 5.97 Å². The predicted octanol–water partition coefficient (Wildman–Crippen LogP) is 2.31. The van der Waals surface area contributed by atoms with Crippen LogP contribution in [0, 0.1) is 11.8 Å². The van der Waals surface area contributed by atoms with Crippen LogP contribution in [0.2, 0.25) is 5.02 Å². The standard InChI is InChI=1S/C13H16ClNO3/c1-8(9(2)13(17)18)12(16)15-7-10-3-5-11(14)6-4-10/h3-6,8-9H,7H2,1-2H3,(H,15,16)(H,17,18). The van der Waals surface area contributed by atoms with Crippen molar-refractivity contribution in [3.05, 3.63) is 34.9 Å². The maximum absolute atomic E-state index is 11.7. The van der Waals surface area contributed by atoms with Crippen molar-refractivity contribution in [2.45, 2.75) is 20.4 Å². The fourth-order valence-electron chi connectivity index (χ4n) is 1.39. The monoisotopic (exact) mass is 269 g/mol. The van der Waals surface area contributed by atoms with Crippen LogP contribution in [-0.2, 0) is 16.1 Å². The Morgan fingerprint density at radius 2 is 1.78 bits per heavy atom. The molecule has 0 saturated carbocycles. The number of carboxylic acid groups (broad SMARTS) is 1. The number of hydrogen-bond acceptors (Lipinski definition) is 2. The normalized spacial score (nSPS) is 13.7. The van der Waals surface area contributed by atoms with Gasteiger partial charge in [0.25, 0.3) is 0 Å². The molecule has 0 spiro atoms. The van der Waals surface area contributed by atoms with E-state index in [-0.39, 0.29) is 5.91 Å². The third-order valence-corrected chi connectivity index (χ3v) is 3.19. The lowest BCUT2D eigenvalue weighted by molar-refractivity contribution is -0.146. The Morgan fingerprint density at radius 1 is 1.22 bits per heavy atom. The van der Waals surface area contributed by atoms with Crippen LogP contribution >= 0.6 is 11.6 Å². The highest BCUT2D eigenvalue weighted by Crippen LogP contribution is 2.12. The van der Waals surface area contributed by atoms with Crippen LogP contribution in [-0.4, -0.2) is 17.0 Å². The molecular weight excluding hydrogens is 254 g/mol. The van der Waals surface area contributed by atoms with Crippen molar-refractivity contribution in [2.75, 3.05) is 0 Å². The molecule has 5 heteroatoms. The van der Waals surface area contributed by atoms with Crippen LogP contribution in [0.5, 0.6) is 0 Å². The number of carboxylic acids is 1. The number of rotatable bonds is 5. The molecule has 1 rings (SSSR count). The molecule has 0 saturated heterocycles. The van der Waals surface area contributed by atoms with Gasteiger partial charge in [0.1, 0.15) is 0 Å². The van der Waals surface area contributed by atoms with Gasteiger partial charge < -0.3 is 10.4 Å². The van der Waals surface area contributed by atoms with Crippen LogP contribution in [0.4, 0.5) is 0 Å². The SMILES string of the molecule is CC(C(=O)O)C(C)C(=O)NCc1ccc(Cl)cc1. The van der Waals surface area contributed by atoms with Crippen LogP contribution in [0.15, 0.2) is 24.3 Å². The molecule has 1 aromatic carbocycles. The van der Waals surface area contributed by atoms with E-state index in [4.69, 9.17) is 16.7 Å². The van der Waals surface area contributed by atoms with E-state index in [9.17, 15) is 9.59 Å². The molecule has 0 aliphatic heterocycles. The number of carbonyl (C=O) groups is 2. The Morgan fingerprint density at radius 3 is 2.28 bits per heavy atom. The van der Waals surface area contributed by atoms with Gasteiger partial charge in [-0.3, -0.25) is 9.59 Å². The van der Waals surface area contributed by atoms with Crippen LogP contribution in [0.3, 0.4) is 0 Å². The lowest BCUT2D eigenvalue weighted by Crippen LogP contribution is -2.34. The van der Waals surface area contributed by atoms with Gasteiger partial charge in [0, 0.05) is 17.5 Å². The second-order valence-corrected chi connectivity index (χ2v) is 4.70. The summed E-state index contributed by atoms with van der Waals surface area (Å²) in [4.78, 5) is 22.5. The average Bonchev–Trinajstić information content (AvgIpc) is 2.35. The fourth-order valence-corrected chi connectivity index (χ4v) is 1.52. The average molecular weight is 270 g/mol. The summed E-state index contributed by atoms with van der Waals surface area (Å²) < 4.78 is 0. The van der Waals surface area contributed by atoms with Crippen LogP contribution < -0.4 is 5.32 Å². The Bertz CT molecular complexity index is 430. The number of nitrogens with one attached hydrogen (secondary N) is 1. The van der Waals surface area contributed by atoms with Gasteiger partial charge in [0.15, 0.2) is 0 Å². The number of amides is 1. The molecule has 18 heavy (non-hydrogen) atoms. The van der Waals surface area contributed by atoms with Gasteiger partial charge in [-0.15, -0.1) is 0 Å². The molecule has 0 heterocycles. The quantitative estimate of drug-likeness (QED) is 0.862. The highest BCUT2D eigenvalue weighted by Gasteiger charge is 2.25. The van der Waals surface area contributed by atoms with Gasteiger partial charge in [-0.1, -0.05) is 37.6 Å². The van der Waals surface area contributed by atoms with E-state index in [1.165, 1.54) is 6.92 Å². The van der Waals surface area contributed by atoms with Crippen LogP contribution in [0.25, 0.3) is 0 Å². The molecule has 2 unspecified atom stereocenters. The summed E-state index contributed by atoms with van der Waals surface area (Å²) in [7, 11) is 0. The molecule has 98 valence electrons. The third-order valence-electron chi connectivity index (χ3n) is 2.93. The first kappa shape index (κ1) is 14.5. The molecule has 2 atom stereocenters. The number of hydrogen-bond donors (Lipinski definition) is 2. The summed E-state index contributed by atoms with van der Waals surface area (Å²) in [6.45, 7) is 3.50. The second-order valence-electron chi connectivity index (χ2n) is 4.26. The zero-order valence-corrected chi connectivity index (χ0v) is 11.1. The minimum absolute atomic E-state index is 0.264. The van der Waals surface area contributed by atoms with E-state index in [0.29, 0.717) is 11.6 Å². The molecule has 0 aromatic heterocycles. The number of aliphatic carboxylic acids is 1. The largest absolute Gasteiger partial charge is 0.481 e. The lowest BCUT2D eigenvalue weighted by Gasteiger charge is -2.15. The molecule has 0 aliphatic rings. The Balaban J connectivity index is 2.50. The van der Waals surface area contributed by atoms with E-state index in [1.54, 1.807) is 19.1 Å². The summed E-state index contributed by atoms with van der Waals surface area (Å²) in [5.41, 5.74) is 0.919. The zero-order chi connectivity index (χ0) is 13.7. The first-order valence-corrected chi connectivity index (χ1v) is 6.04. The zero-order valence-electron chi connectivity index (χ0n) is 10.3. The summed E-state index contributed by atoms with van der Waals surface area (Å²) >= 11 is 5.75. The van der Waals surface area contributed by atoms with Crippen molar-refractivity contribution in [2.24, 2.45) is 11.8 Å². The summed E-state index contributed by atoms with van der Waals surface area (Å²) in [6.07, 6.45) is 0. The molecule has 1 amide bonds. The van der Waals surface area contributed by atoms with Crippen molar-refractivity contribution in [3.63, 3.8) is 0 Å². The van der Waals surface area contributed by atoms with E-state index in [1.807, 2.05) is 12.1 Å². The van der Waals surface area contributed by atoms with E-state index in [2.05, 4.69) is 5.32 Å². The van der Waals surface area contributed by atoms with Crippen molar-refractivity contribution in [1.82, 2.24) is 5.32 Å². The van der Waals surface area contributed by atoms with Gasteiger partial charge in [0.05, 0.1) is 5.92 Å². The lowest BCUT2D eigenvalue weighted by atomic mass is 9.95. The van der Waals surface area contributed by atoms with E-state index < -0.39 is 17.8 Å². The van der Waals surface area contributed by atoms with Gasteiger partial charge in [-0.25, -0.2) is 0 Å². The van der Waals surface area contributed by atoms with Crippen LogP contribution in [0.1, 0.15) is 19.4 Å². The summed E-state index contributed by atoms with van der Waals surface area (Å²) in [5.74, 6) is -2.49. The Labute approximate surface area is 111 Å². The van der Waals surface area contributed by atoms with Crippen molar-refractivity contribution in [3.8, 4) is 0 Å². The molecule has 0 fully saturated rings. The number of halogens is 1. The van der Waals surface area contributed by atoms with Crippen molar-refractivity contribution in [1.29, 1.82) is 0 Å². The second kappa shape index (κ2) is 6.40. The minimum Gasteiger partial charge on any atom is -0.481 e. The smallest absolute Gasteiger partial charge is 0.307 e. The summed E-state index contributed by atoms with van der Waals surface area (Å²) in [6, 6.07) is 7.11.